The molecule has 0 radical (unpaired) electrons. The molecule has 0 unspecified atom stereocenters. The minimum absolute atomic E-state index is 0.0704. The van der Waals surface area contributed by atoms with E-state index < -0.39 is 17.7 Å². The van der Waals surface area contributed by atoms with Crippen molar-refractivity contribution >= 4 is 17.3 Å². The number of allylic oxidation sites excluding steroid dienone is 3. The van der Waals surface area contributed by atoms with Crippen molar-refractivity contribution in [3.8, 4) is 0 Å². The van der Waals surface area contributed by atoms with E-state index in [1.807, 2.05) is 26.0 Å². The Morgan fingerprint density at radius 3 is 2.19 bits per heavy atom. The van der Waals surface area contributed by atoms with E-state index >= 15 is 0 Å². The molecule has 1 heterocycles. The minimum atomic E-state index is -4.45. The maximum Gasteiger partial charge on any atom is 0.416 e. The average Bonchev–Trinajstić information content (AvgIpc) is 2.97. The smallest absolute Gasteiger partial charge is 0.358 e. The van der Waals surface area contributed by atoms with Gasteiger partial charge in [0.15, 0.2) is 11.6 Å². The van der Waals surface area contributed by atoms with Gasteiger partial charge >= 0.3 is 6.18 Å². The molecule has 1 atom stereocenters. The van der Waals surface area contributed by atoms with Crippen LogP contribution in [0.25, 0.3) is 5.70 Å². The Balaban J connectivity index is 1.71. The lowest BCUT2D eigenvalue weighted by atomic mass is 9.68. The molecular formula is C25H20F3NO2. The zero-order valence-corrected chi connectivity index (χ0v) is 17.1. The van der Waals surface area contributed by atoms with Crippen LogP contribution in [0, 0.1) is 5.41 Å². The first kappa shape index (κ1) is 19.8. The third kappa shape index (κ3) is 3.04. The van der Waals surface area contributed by atoms with Crippen LogP contribution in [0.1, 0.15) is 59.7 Å². The van der Waals surface area contributed by atoms with Gasteiger partial charge in [0.2, 0.25) is 0 Å². The maximum absolute atomic E-state index is 13.3. The van der Waals surface area contributed by atoms with Crippen molar-refractivity contribution in [1.29, 1.82) is 0 Å². The lowest BCUT2D eigenvalue weighted by molar-refractivity contribution is -0.137. The van der Waals surface area contributed by atoms with Gasteiger partial charge in [0.1, 0.15) is 0 Å². The minimum Gasteiger partial charge on any atom is -0.358 e. The first-order valence-corrected chi connectivity index (χ1v) is 10.2. The largest absolute Gasteiger partial charge is 0.416 e. The highest BCUT2D eigenvalue weighted by Crippen LogP contribution is 2.51. The molecule has 6 heteroatoms. The van der Waals surface area contributed by atoms with Gasteiger partial charge in [-0.2, -0.15) is 13.2 Å². The molecule has 1 N–H and O–H groups in total. The third-order valence-electron chi connectivity index (χ3n) is 6.30. The van der Waals surface area contributed by atoms with Crippen molar-refractivity contribution in [2.24, 2.45) is 5.41 Å². The topological polar surface area (TPSA) is 46.2 Å². The number of fused-ring (bicyclic) bond motifs is 2. The number of hydrogen-bond donors (Lipinski definition) is 1. The van der Waals surface area contributed by atoms with Gasteiger partial charge in [0.05, 0.1) is 11.3 Å². The number of halogens is 3. The number of nitrogens with one attached hydrogen (secondary N) is 1. The molecule has 2 aromatic carbocycles. The van der Waals surface area contributed by atoms with E-state index in [0.29, 0.717) is 40.8 Å². The molecule has 5 rings (SSSR count). The summed E-state index contributed by atoms with van der Waals surface area (Å²) in [5.74, 6) is -0.942. The Kier molecular flexibility index (Phi) is 4.10. The quantitative estimate of drug-likeness (QED) is 0.645. The van der Waals surface area contributed by atoms with Crippen LogP contribution in [0.5, 0.6) is 0 Å². The SMILES string of the molecule is CC1(C)CC(=O)C2=C(C1)NC1=C(C(=O)c3ccccc31)[C@H]2c1ccc(C(F)(F)F)cc1. The van der Waals surface area contributed by atoms with Gasteiger partial charge in [0.25, 0.3) is 0 Å². The summed E-state index contributed by atoms with van der Waals surface area (Å²) >= 11 is 0. The zero-order valence-electron chi connectivity index (χ0n) is 17.1. The molecule has 1 aliphatic heterocycles. The molecule has 31 heavy (non-hydrogen) atoms. The number of Topliss-reactive ketones (excluding diaryl/α,β-unsaturated/α-hetero) is 2. The number of alkyl halides is 3. The normalized spacial score (nSPS) is 22.2. The zero-order chi connectivity index (χ0) is 22.1. The standard InChI is InChI=1S/C25H20F3NO2/c1-24(2)11-17-20(18(30)12-24)19(13-7-9-14(10-8-13)25(26,27)28)21-22(29-17)15-5-3-4-6-16(15)23(21)31/h3-10,19,29H,11-12H2,1-2H3/t19-/m0/s1. The van der Waals surface area contributed by atoms with E-state index in [2.05, 4.69) is 5.32 Å². The molecule has 158 valence electrons. The molecule has 0 saturated heterocycles. The Hall–Kier alpha value is -3.15. The molecule has 3 aliphatic rings. The van der Waals surface area contributed by atoms with Gasteiger partial charge in [-0.25, -0.2) is 0 Å². The summed E-state index contributed by atoms with van der Waals surface area (Å²) in [5.41, 5.74) is 3.18. The molecule has 2 aliphatic carbocycles. The monoisotopic (exact) mass is 423 g/mol. The Morgan fingerprint density at radius 2 is 1.55 bits per heavy atom. The molecule has 0 amide bonds. The summed E-state index contributed by atoms with van der Waals surface area (Å²) in [7, 11) is 0. The molecular weight excluding hydrogens is 403 g/mol. The van der Waals surface area contributed by atoms with E-state index in [0.717, 1.165) is 23.4 Å². The number of benzene rings is 2. The average molecular weight is 423 g/mol. The second-order valence-electron chi connectivity index (χ2n) is 9.17. The molecule has 3 nitrogen and oxygen atoms in total. The van der Waals surface area contributed by atoms with Crippen molar-refractivity contribution in [2.45, 2.75) is 38.8 Å². The van der Waals surface area contributed by atoms with E-state index in [9.17, 15) is 22.8 Å². The van der Waals surface area contributed by atoms with Crippen LogP contribution in [-0.2, 0) is 11.0 Å². The Labute approximate surface area is 177 Å². The summed E-state index contributed by atoms with van der Waals surface area (Å²) in [6, 6.07) is 12.0. The highest BCUT2D eigenvalue weighted by atomic mass is 19.4. The van der Waals surface area contributed by atoms with E-state index in [1.165, 1.54) is 12.1 Å². The van der Waals surface area contributed by atoms with E-state index in [4.69, 9.17) is 0 Å². The van der Waals surface area contributed by atoms with Crippen LogP contribution in [0.4, 0.5) is 13.2 Å². The van der Waals surface area contributed by atoms with Crippen molar-refractivity contribution in [2.75, 3.05) is 0 Å². The molecule has 2 aromatic rings. The van der Waals surface area contributed by atoms with Gasteiger partial charge in [-0.1, -0.05) is 50.2 Å². The van der Waals surface area contributed by atoms with Crippen LogP contribution in [0.15, 0.2) is 65.4 Å². The summed E-state index contributed by atoms with van der Waals surface area (Å²) in [5, 5.41) is 3.36. The number of dihydropyridines is 1. The fourth-order valence-electron chi connectivity index (χ4n) is 4.99. The van der Waals surface area contributed by atoms with Crippen LogP contribution >= 0.6 is 0 Å². The van der Waals surface area contributed by atoms with Crippen LogP contribution in [-0.4, -0.2) is 11.6 Å². The fourth-order valence-corrected chi connectivity index (χ4v) is 4.99. The van der Waals surface area contributed by atoms with Crippen molar-refractivity contribution in [1.82, 2.24) is 5.32 Å². The second-order valence-corrected chi connectivity index (χ2v) is 9.17. The third-order valence-corrected chi connectivity index (χ3v) is 6.30. The van der Waals surface area contributed by atoms with Crippen molar-refractivity contribution in [3.63, 3.8) is 0 Å². The van der Waals surface area contributed by atoms with Gasteiger partial charge < -0.3 is 5.32 Å². The number of hydrogen-bond acceptors (Lipinski definition) is 3. The number of rotatable bonds is 1. The van der Waals surface area contributed by atoms with E-state index in [-0.39, 0.29) is 17.0 Å². The van der Waals surface area contributed by atoms with Crippen LogP contribution in [0.2, 0.25) is 0 Å². The molecule has 0 fully saturated rings. The maximum atomic E-state index is 13.3. The van der Waals surface area contributed by atoms with E-state index in [1.54, 1.807) is 12.1 Å². The summed E-state index contributed by atoms with van der Waals surface area (Å²) in [6.07, 6.45) is -3.50. The van der Waals surface area contributed by atoms with Crippen LogP contribution in [0.3, 0.4) is 0 Å². The molecule has 0 bridgehead atoms. The van der Waals surface area contributed by atoms with Gasteiger partial charge in [-0.05, 0) is 29.5 Å². The highest BCUT2D eigenvalue weighted by molar-refractivity contribution is 6.23. The first-order chi connectivity index (χ1) is 14.6. The number of carbonyl (C=O) groups excluding carboxylic acids is 2. The van der Waals surface area contributed by atoms with Crippen molar-refractivity contribution in [3.05, 3.63) is 87.6 Å². The number of ketones is 2. The summed E-state index contributed by atoms with van der Waals surface area (Å²) < 4.78 is 39.3. The highest BCUT2D eigenvalue weighted by Gasteiger charge is 2.46. The van der Waals surface area contributed by atoms with Gasteiger partial charge in [-0.15, -0.1) is 0 Å². The van der Waals surface area contributed by atoms with Gasteiger partial charge in [-0.3, -0.25) is 9.59 Å². The Morgan fingerprint density at radius 1 is 0.903 bits per heavy atom. The Bertz CT molecular complexity index is 1200. The molecule has 0 saturated carbocycles. The second kappa shape index (κ2) is 6.42. The molecule has 0 spiro atoms. The van der Waals surface area contributed by atoms with Gasteiger partial charge in [0, 0.05) is 40.3 Å². The summed E-state index contributed by atoms with van der Waals surface area (Å²) in [6.45, 7) is 4.03. The molecule has 0 aromatic heterocycles. The predicted molar refractivity (Wildman–Crippen MR) is 110 cm³/mol. The lowest BCUT2D eigenvalue weighted by Gasteiger charge is -2.39. The summed E-state index contributed by atoms with van der Waals surface area (Å²) in [4.78, 5) is 26.5. The number of carbonyl (C=O) groups is 2. The lowest BCUT2D eigenvalue weighted by Crippen LogP contribution is -2.37. The fraction of sp³-hybridized carbons (Fsp3) is 0.280. The van der Waals surface area contributed by atoms with Crippen molar-refractivity contribution < 1.29 is 22.8 Å². The predicted octanol–water partition coefficient (Wildman–Crippen LogP) is 5.64. The van der Waals surface area contributed by atoms with Crippen LogP contribution < -0.4 is 5.32 Å². The first-order valence-electron chi connectivity index (χ1n) is 10.2.